The molecule has 2 aromatic carbocycles. The maximum absolute atomic E-state index is 12.1. The lowest BCUT2D eigenvalue weighted by Gasteiger charge is -2.07. The third-order valence-electron chi connectivity index (χ3n) is 3.84. The summed E-state index contributed by atoms with van der Waals surface area (Å²) in [6.07, 6.45) is 3.09. The van der Waals surface area contributed by atoms with Crippen LogP contribution in [0, 0.1) is 6.92 Å². The van der Waals surface area contributed by atoms with Gasteiger partial charge >= 0.3 is 5.97 Å². The second-order valence-corrected chi connectivity index (χ2v) is 5.90. The first kappa shape index (κ1) is 20.7. The lowest BCUT2D eigenvalue weighted by atomic mass is 10.1. The van der Waals surface area contributed by atoms with Gasteiger partial charge in [-0.3, -0.25) is 14.4 Å². The average Bonchev–Trinajstić information content (AvgIpc) is 2.70. The fourth-order valence-corrected chi connectivity index (χ4v) is 2.37. The molecule has 0 saturated carbocycles. The summed E-state index contributed by atoms with van der Waals surface area (Å²) < 4.78 is 9.74. The molecule has 0 aliphatic carbocycles. The number of nitrogens with one attached hydrogen (secondary N) is 2. The SMILES string of the molecule is COC(=O)CNC(=O)c1ccc(NC(=O)/C=C/c2cc(C)ccc2OC)cc1. The molecule has 0 saturated heterocycles. The number of anilines is 1. The molecule has 2 rings (SSSR count). The number of esters is 1. The highest BCUT2D eigenvalue weighted by molar-refractivity contribution is 6.02. The van der Waals surface area contributed by atoms with E-state index in [4.69, 9.17) is 4.74 Å². The molecule has 0 heterocycles. The van der Waals surface area contributed by atoms with Crippen molar-refractivity contribution >= 4 is 29.5 Å². The van der Waals surface area contributed by atoms with Crippen LogP contribution in [0.5, 0.6) is 5.75 Å². The van der Waals surface area contributed by atoms with Gasteiger partial charge in [0.1, 0.15) is 12.3 Å². The van der Waals surface area contributed by atoms with Crippen molar-refractivity contribution in [1.82, 2.24) is 5.32 Å². The second-order valence-electron chi connectivity index (χ2n) is 5.90. The molecule has 0 aliphatic heterocycles. The summed E-state index contributed by atoms with van der Waals surface area (Å²) in [5.41, 5.74) is 2.76. The highest BCUT2D eigenvalue weighted by Gasteiger charge is 2.08. The van der Waals surface area contributed by atoms with Crippen LogP contribution in [0.1, 0.15) is 21.5 Å². The zero-order chi connectivity index (χ0) is 20.5. The Morgan fingerprint density at radius 1 is 1.04 bits per heavy atom. The van der Waals surface area contributed by atoms with Gasteiger partial charge in [-0.2, -0.15) is 0 Å². The van der Waals surface area contributed by atoms with Crippen molar-refractivity contribution in [2.75, 3.05) is 26.1 Å². The average molecular weight is 382 g/mol. The summed E-state index contributed by atoms with van der Waals surface area (Å²) in [6, 6.07) is 12.0. The molecule has 0 bridgehead atoms. The lowest BCUT2D eigenvalue weighted by molar-refractivity contribution is -0.139. The van der Waals surface area contributed by atoms with Crippen LogP contribution in [0.3, 0.4) is 0 Å². The van der Waals surface area contributed by atoms with Crippen LogP contribution in [0.4, 0.5) is 5.69 Å². The van der Waals surface area contributed by atoms with E-state index in [0.717, 1.165) is 11.1 Å². The molecular weight excluding hydrogens is 360 g/mol. The van der Waals surface area contributed by atoms with Crippen molar-refractivity contribution in [3.05, 3.63) is 65.2 Å². The molecule has 28 heavy (non-hydrogen) atoms. The highest BCUT2D eigenvalue weighted by Crippen LogP contribution is 2.21. The monoisotopic (exact) mass is 382 g/mol. The first-order chi connectivity index (χ1) is 13.4. The minimum Gasteiger partial charge on any atom is -0.496 e. The van der Waals surface area contributed by atoms with Crippen molar-refractivity contribution in [1.29, 1.82) is 0 Å². The van der Waals surface area contributed by atoms with Gasteiger partial charge in [-0.1, -0.05) is 11.6 Å². The molecule has 2 aromatic rings. The predicted octanol–water partition coefficient (Wildman–Crippen LogP) is 2.56. The minimum absolute atomic E-state index is 0.207. The summed E-state index contributed by atoms with van der Waals surface area (Å²) in [4.78, 5) is 35.1. The molecule has 0 radical (unpaired) electrons. The highest BCUT2D eigenvalue weighted by atomic mass is 16.5. The lowest BCUT2D eigenvalue weighted by Crippen LogP contribution is -2.30. The van der Waals surface area contributed by atoms with Gasteiger partial charge in [-0.05, 0) is 49.4 Å². The van der Waals surface area contributed by atoms with Gasteiger partial charge < -0.3 is 20.1 Å². The Morgan fingerprint density at radius 2 is 1.75 bits per heavy atom. The molecule has 0 fully saturated rings. The Balaban J connectivity index is 1.96. The fourth-order valence-electron chi connectivity index (χ4n) is 2.37. The molecule has 0 spiro atoms. The number of aryl methyl sites for hydroxylation is 1. The molecule has 2 N–H and O–H groups in total. The summed E-state index contributed by atoms with van der Waals surface area (Å²) in [7, 11) is 2.82. The molecule has 7 nitrogen and oxygen atoms in total. The van der Waals surface area contributed by atoms with E-state index in [2.05, 4.69) is 15.4 Å². The second kappa shape index (κ2) is 9.91. The summed E-state index contributed by atoms with van der Waals surface area (Å²) in [6.45, 7) is 1.75. The number of ether oxygens (including phenoxy) is 2. The van der Waals surface area contributed by atoms with Gasteiger partial charge in [0.15, 0.2) is 0 Å². The molecule has 0 unspecified atom stereocenters. The van der Waals surface area contributed by atoms with Crippen LogP contribution in [0.25, 0.3) is 6.08 Å². The van der Waals surface area contributed by atoms with Crippen molar-refractivity contribution < 1.29 is 23.9 Å². The standard InChI is InChI=1S/C21H22N2O5/c1-14-4-10-18(27-2)16(12-14)7-11-19(24)23-17-8-5-15(6-9-17)21(26)22-13-20(25)28-3/h4-12H,13H2,1-3H3,(H,22,26)(H,23,24)/b11-7+. The normalized spacial score (nSPS) is 10.4. The third-order valence-corrected chi connectivity index (χ3v) is 3.84. The van der Waals surface area contributed by atoms with Gasteiger partial charge in [0, 0.05) is 22.9 Å². The van der Waals surface area contributed by atoms with Gasteiger partial charge in [0.2, 0.25) is 5.91 Å². The zero-order valence-electron chi connectivity index (χ0n) is 15.9. The van der Waals surface area contributed by atoms with Crippen LogP contribution >= 0.6 is 0 Å². The van der Waals surface area contributed by atoms with E-state index < -0.39 is 11.9 Å². The van der Waals surface area contributed by atoms with E-state index in [1.807, 2.05) is 25.1 Å². The van der Waals surface area contributed by atoms with Gasteiger partial charge in [-0.25, -0.2) is 0 Å². The van der Waals surface area contributed by atoms with Gasteiger partial charge in [-0.15, -0.1) is 0 Å². The van der Waals surface area contributed by atoms with Crippen LogP contribution in [-0.2, 0) is 14.3 Å². The Morgan fingerprint density at radius 3 is 2.39 bits per heavy atom. The van der Waals surface area contributed by atoms with Crippen LogP contribution in [-0.4, -0.2) is 38.5 Å². The molecule has 7 heteroatoms. The Hall–Kier alpha value is -3.61. The number of benzene rings is 2. The smallest absolute Gasteiger partial charge is 0.325 e. The van der Waals surface area contributed by atoms with Gasteiger partial charge in [0.25, 0.3) is 5.91 Å². The number of methoxy groups -OCH3 is 2. The molecule has 0 aliphatic rings. The van der Waals surface area contributed by atoms with Crippen molar-refractivity contribution in [3.63, 3.8) is 0 Å². The van der Waals surface area contributed by atoms with E-state index in [-0.39, 0.29) is 12.5 Å². The predicted molar refractivity (Wildman–Crippen MR) is 106 cm³/mol. The minimum atomic E-state index is -0.533. The summed E-state index contributed by atoms with van der Waals surface area (Å²) in [5, 5.41) is 5.16. The molecule has 146 valence electrons. The maximum atomic E-state index is 12.1. The topological polar surface area (TPSA) is 93.7 Å². The Labute approximate surface area is 163 Å². The Kier molecular flexibility index (Phi) is 7.33. The van der Waals surface area contributed by atoms with Gasteiger partial charge in [0.05, 0.1) is 14.2 Å². The quantitative estimate of drug-likeness (QED) is 0.567. The third kappa shape index (κ3) is 5.98. The van der Waals surface area contributed by atoms with E-state index in [1.165, 1.54) is 13.2 Å². The Bertz CT molecular complexity index is 888. The molecule has 0 atom stereocenters. The fraction of sp³-hybridized carbons (Fsp3) is 0.190. The molecule has 2 amide bonds. The first-order valence-electron chi connectivity index (χ1n) is 8.51. The number of carbonyl (C=O) groups is 3. The van der Waals surface area contributed by atoms with E-state index >= 15 is 0 Å². The number of amides is 2. The van der Waals surface area contributed by atoms with E-state index in [0.29, 0.717) is 17.0 Å². The molecular formula is C21H22N2O5. The van der Waals surface area contributed by atoms with Crippen molar-refractivity contribution in [2.45, 2.75) is 6.92 Å². The number of hydrogen-bond acceptors (Lipinski definition) is 5. The van der Waals surface area contributed by atoms with E-state index in [9.17, 15) is 14.4 Å². The van der Waals surface area contributed by atoms with Crippen LogP contribution in [0.15, 0.2) is 48.5 Å². The summed E-state index contributed by atoms with van der Waals surface area (Å²) in [5.74, 6) is -0.576. The first-order valence-corrected chi connectivity index (χ1v) is 8.51. The largest absolute Gasteiger partial charge is 0.496 e. The number of hydrogen-bond donors (Lipinski definition) is 2. The number of rotatable bonds is 7. The van der Waals surface area contributed by atoms with Crippen LogP contribution in [0.2, 0.25) is 0 Å². The zero-order valence-corrected chi connectivity index (χ0v) is 15.9. The number of carbonyl (C=O) groups excluding carboxylic acids is 3. The van der Waals surface area contributed by atoms with Crippen molar-refractivity contribution in [3.8, 4) is 5.75 Å². The maximum Gasteiger partial charge on any atom is 0.325 e. The molecule has 0 aromatic heterocycles. The van der Waals surface area contributed by atoms with Crippen LogP contribution < -0.4 is 15.4 Å². The summed E-state index contributed by atoms with van der Waals surface area (Å²) >= 11 is 0. The van der Waals surface area contributed by atoms with E-state index in [1.54, 1.807) is 37.5 Å². The van der Waals surface area contributed by atoms with Crippen molar-refractivity contribution in [2.24, 2.45) is 0 Å².